The molecule has 208 valence electrons. The summed E-state index contributed by atoms with van der Waals surface area (Å²) in [6.45, 7) is 16.2. The van der Waals surface area contributed by atoms with Gasteiger partial charge in [-0.2, -0.15) is 0 Å². The van der Waals surface area contributed by atoms with E-state index >= 15 is 0 Å². The number of aromatic nitrogens is 1. The van der Waals surface area contributed by atoms with Gasteiger partial charge in [0.05, 0.1) is 23.7 Å². The van der Waals surface area contributed by atoms with Gasteiger partial charge in [-0.3, -0.25) is 14.2 Å². The molecule has 2 aromatic rings. The lowest BCUT2D eigenvalue weighted by molar-refractivity contribution is -0.124. The highest BCUT2D eigenvalue weighted by molar-refractivity contribution is 6.29. The van der Waals surface area contributed by atoms with Gasteiger partial charge in [-0.05, 0) is 56.2 Å². The Morgan fingerprint density at radius 2 is 1.62 bits per heavy atom. The van der Waals surface area contributed by atoms with Crippen molar-refractivity contribution in [1.29, 1.82) is 0 Å². The Balaban J connectivity index is 0.000000596. The van der Waals surface area contributed by atoms with Crippen molar-refractivity contribution in [3.05, 3.63) is 58.9 Å². The number of rotatable bonds is 11. The van der Waals surface area contributed by atoms with Crippen LogP contribution in [0, 0.1) is 12.3 Å². The number of aliphatic imine (C=N–C) groups is 1. The van der Waals surface area contributed by atoms with Gasteiger partial charge >= 0.3 is 0 Å². The van der Waals surface area contributed by atoms with Gasteiger partial charge < -0.3 is 5.11 Å². The van der Waals surface area contributed by atoms with Crippen molar-refractivity contribution in [2.75, 3.05) is 6.67 Å². The summed E-state index contributed by atoms with van der Waals surface area (Å²) in [6.07, 6.45) is 4.58. The van der Waals surface area contributed by atoms with Crippen LogP contribution in [0.2, 0.25) is 5.15 Å². The summed E-state index contributed by atoms with van der Waals surface area (Å²) in [4.78, 5) is 20.3. The zero-order valence-corrected chi connectivity index (χ0v) is 25.0. The molecule has 0 aliphatic heterocycles. The van der Waals surface area contributed by atoms with E-state index in [0.717, 1.165) is 29.9 Å². The number of unbranched alkanes of at least 4 members (excludes halogenated alkanes) is 1. The van der Waals surface area contributed by atoms with Crippen molar-refractivity contribution in [1.82, 2.24) is 4.98 Å². The fraction of sp³-hybridized carbons (Fsp3) is 0.581. The molecular formula is C31H48ClFN2O2. The van der Waals surface area contributed by atoms with E-state index in [1.165, 1.54) is 12.8 Å². The largest absolute Gasteiger partial charge is 0.385 e. The number of halogens is 2. The number of hydrogen-bond acceptors (Lipinski definition) is 4. The molecule has 4 nitrogen and oxygen atoms in total. The van der Waals surface area contributed by atoms with E-state index in [1.54, 1.807) is 30.3 Å². The molecule has 0 amide bonds. The molecule has 2 rings (SSSR count). The molecule has 0 radical (unpaired) electrons. The predicted molar refractivity (Wildman–Crippen MR) is 157 cm³/mol. The van der Waals surface area contributed by atoms with Crippen LogP contribution in [0.15, 0.2) is 47.5 Å². The summed E-state index contributed by atoms with van der Waals surface area (Å²) in [7, 11) is 0. The summed E-state index contributed by atoms with van der Waals surface area (Å²) >= 11 is 5.78. The van der Waals surface area contributed by atoms with Gasteiger partial charge in [0.15, 0.2) is 0 Å². The first kappa shape index (κ1) is 34.9. The number of alkyl halides is 1. The minimum Gasteiger partial charge on any atom is -0.385 e. The average molecular weight is 535 g/mol. The van der Waals surface area contributed by atoms with Crippen LogP contribution < -0.4 is 0 Å². The number of benzene rings is 1. The zero-order valence-electron chi connectivity index (χ0n) is 24.2. The van der Waals surface area contributed by atoms with E-state index in [2.05, 4.69) is 51.5 Å². The number of aryl methyl sites for hydroxylation is 1. The molecule has 1 aromatic carbocycles. The molecule has 0 bridgehead atoms. The van der Waals surface area contributed by atoms with Crippen molar-refractivity contribution in [2.45, 2.75) is 106 Å². The van der Waals surface area contributed by atoms with Gasteiger partial charge in [-0.1, -0.05) is 89.9 Å². The van der Waals surface area contributed by atoms with E-state index in [0.29, 0.717) is 22.6 Å². The first-order valence-corrected chi connectivity index (χ1v) is 13.7. The number of hydrogen-bond donors (Lipinski definition) is 1. The zero-order chi connectivity index (χ0) is 28.5. The van der Waals surface area contributed by atoms with E-state index in [1.807, 2.05) is 26.0 Å². The van der Waals surface area contributed by atoms with Crippen LogP contribution >= 0.6 is 11.6 Å². The topological polar surface area (TPSA) is 62.5 Å². The third-order valence-corrected chi connectivity index (χ3v) is 5.28. The summed E-state index contributed by atoms with van der Waals surface area (Å²) in [5.74, 6) is -0.0210. The molecular weight excluding hydrogens is 487 g/mol. The van der Waals surface area contributed by atoms with Gasteiger partial charge in [0.1, 0.15) is 10.9 Å². The molecule has 1 aromatic heterocycles. The van der Waals surface area contributed by atoms with E-state index < -0.39 is 12.3 Å². The van der Waals surface area contributed by atoms with E-state index in [9.17, 15) is 14.3 Å². The highest BCUT2D eigenvalue weighted by atomic mass is 35.5. The van der Waals surface area contributed by atoms with E-state index in [4.69, 9.17) is 11.6 Å². The maximum absolute atomic E-state index is 12.5. The molecule has 0 saturated heterocycles. The Labute approximate surface area is 229 Å². The first-order chi connectivity index (χ1) is 17.3. The summed E-state index contributed by atoms with van der Waals surface area (Å²) in [5, 5.41) is 10.9. The van der Waals surface area contributed by atoms with Crippen molar-refractivity contribution >= 4 is 28.8 Å². The van der Waals surface area contributed by atoms with Crippen LogP contribution in [-0.4, -0.2) is 28.3 Å². The second-order valence-corrected chi connectivity index (χ2v) is 11.4. The first-order valence-electron chi connectivity index (χ1n) is 13.3. The van der Waals surface area contributed by atoms with E-state index in [-0.39, 0.29) is 18.6 Å². The lowest BCUT2D eigenvalue weighted by Gasteiger charge is -2.27. The smallest absolute Gasteiger partial charge is 0.136 e. The van der Waals surface area contributed by atoms with Crippen LogP contribution in [-0.2, 0) is 10.4 Å². The molecule has 6 heteroatoms. The van der Waals surface area contributed by atoms with Crippen LogP contribution in [0.1, 0.15) is 105 Å². The summed E-state index contributed by atoms with van der Waals surface area (Å²) in [6, 6.07) is 12.5. The Morgan fingerprint density at radius 3 is 2.11 bits per heavy atom. The number of aliphatic hydroxyl groups is 1. The monoisotopic (exact) mass is 534 g/mol. The number of Topliss-reactive ketones (excluding diaryl/α,β-unsaturated/α-hetero) is 1. The van der Waals surface area contributed by atoms with Gasteiger partial charge in [0, 0.05) is 25.0 Å². The molecule has 37 heavy (non-hydrogen) atoms. The van der Waals surface area contributed by atoms with Gasteiger partial charge in [0.25, 0.3) is 0 Å². The normalized spacial score (nSPS) is 13.0. The van der Waals surface area contributed by atoms with Crippen LogP contribution in [0.4, 0.5) is 10.1 Å². The Hall–Kier alpha value is -2.11. The lowest BCUT2D eigenvalue weighted by atomic mass is 9.85. The molecule has 1 heterocycles. The Bertz CT molecular complexity index is 936. The maximum Gasteiger partial charge on any atom is 0.136 e. The SMILES string of the molecule is CC(C)(C)C.CCCC(=O)CC(O)(CCF)c1ccccc1.CCCCC(C)=Nc1ccc(Cl)nc1C. The van der Waals surface area contributed by atoms with Crippen molar-refractivity contribution in [3.8, 4) is 0 Å². The van der Waals surface area contributed by atoms with Crippen molar-refractivity contribution < 1.29 is 14.3 Å². The third-order valence-electron chi connectivity index (χ3n) is 5.07. The van der Waals surface area contributed by atoms with Gasteiger partial charge in [0.2, 0.25) is 0 Å². The van der Waals surface area contributed by atoms with Crippen molar-refractivity contribution in [2.24, 2.45) is 10.4 Å². The molecule has 0 fully saturated rings. The minimum absolute atomic E-state index is 0.00519. The number of carbonyl (C=O) groups excluding carboxylic acids is 1. The van der Waals surface area contributed by atoms with Crippen LogP contribution in [0.25, 0.3) is 0 Å². The molecule has 0 aliphatic rings. The Kier molecular flexibility index (Phi) is 17.2. The molecule has 0 saturated carbocycles. The highest BCUT2D eigenvalue weighted by Gasteiger charge is 2.31. The minimum atomic E-state index is -1.36. The van der Waals surface area contributed by atoms with Crippen LogP contribution in [0.3, 0.4) is 0 Å². The van der Waals surface area contributed by atoms with Gasteiger partial charge in [-0.15, -0.1) is 0 Å². The quantitative estimate of drug-likeness (QED) is 0.230. The molecule has 1 unspecified atom stereocenters. The predicted octanol–water partition coefficient (Wildman–Crippen LogP) is 9.37. The lowest BCUT2D eigenvalue weighted by Crippen LogP contribution is -2.29. The second kappa shape index (κ2) is 18.2. The highest BCUT2D eigenvalue weighted by Crippen LogP contribution is 2.30. The second-order valence-electron chi connectivity index (χ2n) is 11.0. The third kappa shape index (κ3) is 17.1. The van der Waals surface area contributed by atoms with Crippen molar-refractivity contribution in [3.63, 3.8) is 0 Å². The number of carbonyl (C=O) groups is 1. The van der Waals surface area contributed by atoms with Crippen LogP contribution in [0.5, 0.6) is 0 Å². The summed E-state index contributed by atoms with van der Waals surface area (Å²) in [5.41, 5.74) is 2.72. The molecule has 0 spiro atoms. The average Bonchev–Trinajstić information content (AvgIpc) is 2.80. The molecule has 1 N–H and O–H groups in total. The standard InChI is InChI=1S/C14H19FO2.C12H17ClN2.C5H12/c1-2-6-13(16)11-14(17,9-10-15)12-7-4-3-5-8-12;1-4-5-6-9(2)14-11-7-8-12(13)15-10(11)3;1-5(2,3)4/h3-5,7-8,17H,2,6,9-11H2,1H3;7-8H,4-6H2,1-3H3;1-4H3. The number of pyridine rings is 1. The fourth-order valence-corrected chi connectivity index (χ4v) is 3.46. The summed E-state index contributed by atoms with van der Waals surface area (Å²) < 4.78 is 12.5. The molecule has 0 aliphatic carbocycles. The fourth-order valence-electron chi connectivity index (χ4n) is 3.27. The maximum atomic E-state index is 12.5. The number of nitrogens with zero attached hydrogens (tertiary/aromatic N) is 2. The molecule has 1 atom stereocenters. The van der Waals surface area contributed by atoms with Gasteiger partial charge in [-0.25, -0.2) is 4.98 Å². The number of ketones is 1. The Morgan fingerprint density at radius 1 is 1.03 bits per heavy atom.